The summed E-state index contributed by atoms with van der Waals surface area (Å²) in [7, 11) is 1.90. The number of carbonyl (C=O) groups is 1. The molecule has 0 aromatic carbocycles. The van der Waals surface area contributed by atoms with Crippen LogP contribution in [0.5, 0.6) is 0 Å². The second-order valence-electron chi connectivity index (χ2n) is 6.60. The first kappa shape index (κ1) is 15.3. The lowest BCUT2D eigenvalue weighted by Gasteiger charge is -2.38. The molecule has 1 saturated carbocycles. The Morgan fingerprint density at radius 2 is 2.32 bits per heavy atom. The maximum atomic E-state index is 12.0. The molecule has 3 rings (SSSR count). The monoisotopic (exact) mass is 306 g/mol. The Morgan fingerprint density at radius 3 is 3.05 bits per heavy atom. The van der Waals surface area contributed by atoms with E-state index < -0.39 is 0 Å². The van der Waals surface area contributed by atoms with Gasteiger partial charge in [0.25, 0.3) is 0 Å². The predicted molar refractivity (Wildman–Crippen MR) is 83.6 cm³/mol. The highest BCUT2D eigenvalue weighted by atomic mass is 16.5. The van der Waals surface area contributed by atoms with Gasteiger partial charge in [-0.3, -0.25) is 4.68 Å². The normalized spacial score (nSPS) is 23.6. The van der Waals surface area contributed by atoms with Crippen LogP contribution >= 0.6 is 0 Å². The summed E-state index contributed by atoms with van der Waals surface area (Å²) < 4.78 is 7.77. The lowest BCUT2D eigenvalue weighted by atomic mass is 9.89. The number of aryl methyl sites for hydroxylation is 1. The van der Waals surface area contributed by atoms with Crippen molar-refractivity contribution in [3.05, 3.63) is 18.0 Å². The van der Waals surface area contributed by atoms with E-state index in [4.69, 9.17) is 4.74 Å². The Kier molecular flexibility index (Phi) is 4.66. The Morgan fingerprint density at radius 1 is 1.50 bits per heavy atom. The van der Waals surface area contributed by atoms with Gasteiger partial charge in [0.05, 0.1) is 11.8 Å². The summed E-state index contributed by atoms with van der Waals surface area (Å²) >= 11 is 0. The molecule has 6 heteroatoms. The molecule has 1 aliphatic heterocycles. The number of urea groups is 1. The number of hydrogen-bond donors (Lipinski definition) is 2. The van der Waals surface area contributed by atoms with Crippen LogP contribution in [0.3, 0.4) is 0 Å². The summed E-state index contributed by atoms with van der Waals surface area (Å²) in [6.45, 7) is 1.40. The molecule has 0 radical (unpaired) electrons. The van der Waals surface area contributed by atoms with Gasteiger partial charge in [0.15, 0.2) is 0 Å². The van der Waals surface area contributed by atoms with E-state index in [1.54, 1.807) is 4.68 Å². The third-order valence-corrected chi connectivity index (χ3v) is 4.80. The largest absolute Gasteiger partial charge is 0.375 e. The fourth-order valence-electron chi connectivity index (χ4n) is 3.68. The molecule has 2 amide bonds. The summed E-state index contributed by atoms with van der Waals surface area (Å²) in [6.07, 6.45) is 11.3. The summed E-state index contributed by atoms with van der Waals surface area (Å²) in [5, 5.41) is 10.2. The molecule has 0 unspecified atom stereocenters. The van der Waals surface area contributed by atoms with Crippen LogP contribution in [0.25, 0.3) is 0 Å². The van der Waals surface area contributed by atoms with Crippen molar-refractivity contribution in [2.45, 2.75) is 56.6 Å². The number of ether oxygens (including phenoxy) is 1. The van der Waals surface area contributed by atoms with E-state index in [1.807, 2.05) is 19.4 Å². The van der Waals surface area contributed by atoms with Crippen LogP contribution in [0.15, 0.2) is 12.4 Å². The van der Waals surface area contributed by atoms with E-state index in [9.17, 15) is 4.79 Å². The van der Waals surface area contributed by atoms with Gasteiger partial charge >= 0.3 is 6.03 Å². The third-order valence-electron chi connectivity index (χ3n) is 4.80. The average molecular weight is 306 g/mol. The fraction of sp³-hybridized carbons (Fsp3) is 0.750. The molecule has 0 bridgehead atoms. The molecule has 2 fully saturated rings. The minimum Gasteiger partial charge on any atom is -0.375 e. The number of amides is 2. The van der Waals surface area contributed by atoms with E-state index in [0.717, 1.165) is 44.3 Å². The molecule has 1 aromatic rings. The second-order valence-corrected chi connectivity index (χ2v) is 6.60. The Hall–Kier alpha value is -1.56. The van der Waals surface area contributed by atoms with Crippen molar-refractivity contribution < 1.29 is 9.53 Å². The quantitative estimate of drug-likeness (QED) is 0.890. The Labute approximate surface area is 131 Å². The van der Waals surface area contributed by atoms with Gasteiger partial charge in [0.1, 0.15) is 0 Å². The topological polar surface area (TPSA) is 68.2 Å². The van der Waals surface area contributed by atoms with Gasteiger partial charge in [-0.15, -0.1) is 0 Å². The highest BCUT2D eigenvalue weighted by molar-refractivity contribution is 5.74. The lowest BCUT2D eigenvalue weighted by molar-refractivity contribution is -0.0820. The molecule has 6 nitrogen and oxygen atoms in total. The lowest BCUT2D eigenvalue weighted by Crippen LogP contribution is -2.50. The summed E-state index contributed by atoms with van der Waals surface area (Å²) in [6, 6.07) is 0.175. The maximum Gasteiger partial charge on any atom is 0.315 e. The van der Waals surface area contributed by atoms with Gasteiger partial charge in [-0.1, -0.05) is 12.8 Å². The first-order chi connectivity index (χ1) is 10.7. The van der Waals surface area contributed by atoms with Gasteiger partial charge < -0.3 is 15.4 Å². The van der Waals surface area contributed by atoms with Gasteiger partial charge in [-0.25, -0.2) is 4.79 Å². The van der Waals surface area contributed by atoms with Crippen LogP contribution in [0.2, 0.25) is 0 Å². The minimum atomic E-state index is -0.0658. The molecule has 2 N–H and O–H groups in total. The highest BCUT2D eigenvalue weighted by Crippen LogP contribution is 2.39. The number of hydrogen-bond acceptors (Lipinski definition) is 3. The molecule has 2 heterocycles. The van der Waals surface area contributed by atoms with Crippen LogP contribution < -0.4 is 10.6 Å². The van der Waals surface area contributed by atoms with Crippen molar-refractivity contribution in [3.8, 4) is 0 Å². The Balaban J connectivity index is 1.39. The second kappa shape index (κ2) is 6.69. The summed E-state index contributed by atoms with van der Waals surface area (Å²) in [5.74, 6) is 0. The van der Waals surface area contributed by atoms with Gasteiger partial charge in [-0.2, -0.15) is 5.10 Å². The first-order valence-electron chi connectivity index (χ1n) is 8.31. The number of carbonyl (C=O) groups excluding carboxylic acids is 1. The van der Waals surface area contributed by atoms with Crippen LogP contribution in [0.4, 0.5) is 4.79 Å². The van der Waals surface area contributed by atoms with Crippen molar-refractivity contribution in [2.24, 2.45) is 7.05 Å². The SMILES string of the molecule is Cn1cc(CCNC(=O)N[C@@H]2CCOC3(CCCC3)C2)cn1. The van der Waals surface area contributed by atoms with Crippen LogP contribution in [-0.2, 0) is 18.2 Å². The molecular formula is C16H26N4O2. The number of nitrogens with zero attached hydrogens (tertiary/aromatic N) is 2. The standard InChI is InChI=1S/C16H26N4O2/c1-20-12-13(11-18-20)4-8-17-15(21)19-14-5-9-22-16(10-14)6-2-3-7-16/h11-12,14H,2-10H2,1H3,(H2,17,19,21)/t14-/m1/s1. The summed E-state index contributed by atoms with van der Waals surface area (Å²) in [5.41, 5.74) is 1.19. The van der Waals surface area contributed by atoms with E-state index in [1.165, 1.54) is 12.8 Å². The molecule has 22 heavy (non-hydrogen) atoms. The maximum absolute atomic E-state index is 12.0. The molecule has 1 aromatic heterocycles. The van der Waals surface area contributed by atoms with Crippen LogP contribution in [-0.4, -0.2) is 40.6 Å². The zero-order valence-corrected chi connectivity index (χ0v) is 13.3. The van der Waals surface area contributed by atoms with E-state index in [2.05, 4.69) is 15.7 Å². The van der Waals surface area contributed by atoms with Crippen molar-refractivity contribution in [1.29, 1.82) is 0 Å². The van der Waals surface area contributed by atoms with Gasteiger partial charge in [0, 0.05) is 32.4 Å². The highest BCUT2D eigenvalue weighted by Gasteiger charge is 2.40. The van der Waals surface area contributed by atoms with Crippen LogP contribution in [0.1, 0.15) is 44.1 Å². The van der Waals surface area contributed by atoms with E-state index in [0.29, 0.717) is 6.54 Å². The van der Waals surface area contributed by atoms with E-state index >= 15 is 0 Å². The molecule has 1 saturated heterocycles. The van der Waals surface area contributed by atoms with Gasteiger partial charge in [-0.05, 0) is 37.7 Å². The molecule has 1 aliphatic carbocycles. The Bertz CT molecular complexity index is 508. The van der Waals surface area contributed by atoms with Gasteiger partial charge in [0.2, 0.25) is 0 Å². The molecule has 1 atom stereocenters. The fourth-order valence-corrected chi connectivity index (χ4v) is 3.68. The number of rotatable bonds is 4. The zero-order valence-electron chi connectivity index (χ0n) is 13.3. The molecule has 122 valence electrons. The van der Waals surface area contributed by atoms with Crippen molar-refractivity contribution >= 4 is 6.03 Å². The number of aromatic nitrogens is 2. The van der Waals surface area contributed by atoms with Crippen molar-refractivity contribution in [1.82, 2.24) is 20.4 Å². The summed E-state index contributed by atoms with van der Waals surface area (Å²) in [4.78, 5) is 12.0. The third kappa shape index (κ3) is 3.80. The van der Waals surface area contributed by atoms with Crippen LogP contribution in [0, 0.1) is 0 Å². The smallest absolute Gasteiger partial charge is 0.315 e. The van der Waals surface area contributed by atoms with E-state index in [-0.39, 0.29) is 17.7 Å². The van der Waals surface area contributed by atoms with Crippen molar-refractivity contribution in [2.75, 3.05) is 13.2 Å². The zero-order chi connectivity index (χ0) is 15.4. The minimum absolute atomic E-state index is 0.0475. The molecular weight excluding hydrogens is 280 g/mol. The number of nitrogens with one attached hydrogen (secondary N) is 2. The first-order valence-corrected chi connectivity index (χ1v) is 8.31. The van der Waals surface area contributed by atoms with Crippen molar-refractivity contribution in [3.63, 3.8) is 0 Å². The molecule has 1 spiro atoms. The predicted octanol–water partition coefficient (Wildman–Crippen LogP) is 1.75. The average Bonchev–Trinajstić information content (AvgIpc) is 3.09. The molecule has 2 aliphatic rings.